The first-order chi connectivity index (χ1) is 7.35. The van der Waals surface area contributed by atoms with Gasteiger partial charge in [-0.25, -0.2) is 0 Å². The summed E-state index contributed by atoms with van der Waals surface area (Å²) in [4.78, 5) is 2.14. The minimum Gasteiger partial charge on any atom is -0.379 e. The van der Waals surface area contributed by atoms with Crippen LogP contribution in [0.25, 0.3) is 0 Å². The highest BCUT2D eigenvalue weighted by atomic mass is 32.2. The van der Waals surface area contributed by atoms with E-state index in [1.165, 1.54) is 0 Å². The van der Waals surface area contributed by atoms with E-state index in [2.05, 4.69) is 6.07 Å². The molecular formula is C11H11NOS2. The third-order valence-corrected chi connectivity index (χ3v) is 4.20. The maximum absolute atomic E-state index is 9.13. The van der Waals surface area contributed by atoms with E-state index >= 15 is 0 Å². The second-order valence-corrected chi connectivity index (χ2v) is 5.41. The lowest BCUT2D eigenvalue weighted by atomic mass is 10.2. The van der Waals surface area contributed by atoms with Crippen molar-refractivity contribution in [3.05, 3.63) is 23.8 Å². The quantitative estimate of drug-likeness (QED) is 0.757. The summed E-state index contributed by atoms with van der Waals surface area (Å²) in [5, 5.41) is 9.65. The monoisotopic (exact) mass is 237 g/mol. The molecule has 1 aromatic rings. The molecule has 0 saturated carbocycles. The first-order valence-corrected chi connectivity index (χ1v) is 6.77. The molecule has 4 heteroatoms. The lowest BCUT2D eigenvalue weighted by Crippen LogP contribution is -2.30. The van der Waals surface area contributed by atoms with E-state index in [4.69, 9.17) is 10.00 Å². The summed E-state index contributed by atoms with van der Waals surface area (Å²) in [5.41, 5.74) is 0.807. The minimum atomic E-state index is 0.522. The van der Waals surface area contributed by atoms with Gasteiger partial charge in [-0.3, -0.25) is 0 Å². The van der Waals surface area contributed by atoms with Crippen LogP contribution in [0.4, 0.5) is 0 Å². The molecule has 1 aliphatic rings. The zero-order chi connectivity index (χ0) is 10.7. The van der Waals surface area contributed by atoms with Gasteiger partial charge < -0.3 is 4.74 Å². The van der Waals surface area contributed by atoms with Crippen LogP contribution in [0.3, 0.4) is 0 Å². The van der Waals surface area contributed by atoms with Crippen LogP contribution < -0.4 is 0 Å². The van der Waals surface area contributed by atoms with Crippen molar-refractivity contribution in [1.29, 1.82) is 5.26 Å². The second kappa shape index (κ2) is 4.93. The van der Waals surface area contributed by atoms with Crippen LogP contribution in [-0.4, -0.2) is 24.7 Å². The largest absolute Gasteiger partial charge is 0.379 e. The molecule has 1 saturated heterocycles. The van der Waals surface area contributed by atoms with Gasteiger partial charge in [-0.2, -0.15) is 5.26 Å². The van der Waals surface area contributed by atoms with Crippen molar-refractivity contribution in [1.82, 2.24) is 0 Å². The van der Waals surface area contributed by atoms with E-state index < -0.39 is 0 Å². The topological polar surface area (TPSA) is 33.0 Å². The molecule has 0 N–H and O–H groups in total. The molecule has 0 spiro atoms. The molecule has 0 aromatic heterocycles. The lowest BCUT2D eigenvalue weighted by molar-refractivity contribution is 0.0455. The van der Waals surface area contributed by atoms with Crippen LogP contribution in [0.15, 0.2) is 28.0 Å². The SMILES string of the molecule is CSc1cccc(SC2COC2)c1C#N. The van der Waals surface area contributed by atoms with Crippen LogP contribution in [0.5, 0.6) is 0 Å². The number of nitriles is 1. The predicted octanol–water partition coefficient (Wildman–Crippen LogP) is 2.77. The highest BCUT2D eigenvalue weighted by molar-refractivity contribution is 8.00. The molecule has 2 nitrogen and oxygen atoms in total. The second-order valence-electron chi connectivity index (χ2n) is 3.22. The van der Waals surface area contributed by atoms with Crippen molar-refractivity contribution in [2.24, 2.45) is 0 Å². The van der Waals surface area contributed by atoms with Crippen molar-refractivity contribution in [2.45, 2.75) is 15.0 Å². The Bertz CT molecular complexity index is 396. The number of hydrogen-bond acceptors (Lipinski definition) is 4. The molecule has 0 aliphatic carbocycles. The van der Waals surface area contributed by atoms with Gasteiger partial charge in [0.15, 0.2) is 0 Å². The van der Waals surface area contributed by atoms with Crippen LogP contribution in [0.2, 0.25) is 0 Å². The Hall–Kier alpha value is -0.630. The molecular weight excluding hydrogens is 226 g/mol. The summed E-state index contributed by atoms with van der Waals surface area (Å²) in [5.74, 6) is 0. The molecule has 1 heterocycles. The number of rotatable bonds is 3. The van der Waals surface area contributed by atoms with Crippen molar-refractivity contribution >= 4 is 23.5 Å². The Morgan fingerprint density at radius 3 is 2.67 bits per heavy atom. The third kappa shape index (κ3) is 2.31. The van der Waals surface area contributed by atoms with Crippen molar-refractivity contribution in [2.75, 3.05) is 19.5 Å². The number of hydrogen-bond donors (Lipinski definition) is 0. The Kier molecular flexibility index (Phi) is 3.57. The molecule has 1 aliphatic heterocycles. The molecule has 0 atom stereocenters. The maximum atomic E-state index is 9.13. The van der Waals surface area contributed by atoms with Crippen molar-refractivity contribution < 1.29 is 4.74 Å². The van der Waals surface area contributed by atoms with E-state index in [0.717, 1.165) is 28.6 Å². The van der Waals surface area contributed by atoms with Gasteiger partial charge in [-0.15, -0.1) is 23.5 Å². The number of thioether (sulfide) groups is 2. The maximum Gasteiger partial charge on any atom is 0.101 e. The summed E-state index contributed by atoms with van der Waals surface area (Å²) in [6.07, 6.45) is 2.00. The van der Waals surface area contributed by atoms with E-state index in [0.29, 0.717) is 5.25 Å². The van der Waals surface area contributed by atoms with Gasteiger partial charge in [0.05, 0.1) is 24.0 Å². The molecule has 0 radical (unpaired) electrons. The first-order valence-electron chi connectivity index (χ1n) is 4.66. The average molecular weight is 237 g/mol. The van der Waals surface area contributed by atoms with E-state index in [9.17, 15) is 0 Å². The fraction of sp³-hybridized carbons (Fsp3) is 0.364. The van der Waals surface area contributed by atoms with Crippen LogP contribution in [0, 0.1) is 11.3 Å². The summed E-state index contributed by atoms with van der Waals surface area (Å²) in [6, 6.07) is 8.30. The predicted molar refractivity (Wildman–Crippen MR) is 63.4 cm³/mol. The Labute approximate surface area is 98.0 Å². The fourth-order valence-electron chi connectivity index (χ4n) is 1.35. The van der Waals surface area contributed by atoms with Crippen molar-refractivity contribution in [3.8, 4) is 6.07 Å². The molecule has 15 heavy (non-hydrogen) atoms. The summed E-state index contributed by atoms with van der Waals surface area (Å²) in [6.45, 7) is 1.61. The third-order valence-electron chi connectivity index (χ3n) is 2.22. The summed E-state index contributed by atoms with van der Waals surface area (Å²) < 4.78 is 5.13. The number of nitrogens with zero attached hydrogens (tertiary/aromatic N) is 1. The molecule has 78 valence electrons. The van der Waals surface area contributed by atoms with Gasteiger partial charge in [-0.05, 0) is 18.4 Å². The molecule has 0 bridgehead atoms. The highest BCUT2D eigenvalue weighted by Gasteiger charge is 2.21. The van der Waals surface area contributed by atoms with E-state index in [1.54, 1.807) is 23.5 Å². The minimum absolute atomic E-state index is 0.522. The molecule has 1 fully saturated rings. The van der Waals surface area contributed by atoms with Gasteiger partial charge in [0.1, 0.15) is 6.07 Å². The van der Waals surface area contributed by atoms with Crippen LogP contribution in [-0.2, 0) is 4.74 Å². The fourth-order valence-corrected chi connectivity index (χ4v) is 3.11. The van der Waals surface area contributed by atoms with Crippen LogP contribution >= 0.6 is 23.5 Å². The van der Waals surface area contributed by atoms with Gasteiger partial charge in [0.2, 0.25) is 0 Å². The zero-order valence-corrected chi connectivity index (χ0v) is 10.0. The average Bonchev–Trinajstić information content (AvgIpc) is 2.22. The molecule has 2 rings (SSSR count). The van der Waals surface area contributed by atoms with Crippen molar-refractivity contribution in [3.63, 3.8) is 0 Å². The molecule has 1 aromatic carbocycles. The summed E-state index contributed by atoms with van der Waals surface area (Å²) >= 11 is 3.37. The smallest absolute Gasteiger partial charge is 0.101 e. The Morgan fingerprint density at radius 1 is 1.40 bits per heavy atom. The Balaban J connectivity index is 2.25. The summed E-state index contributed by atoms with van der Waals surface area (Å²) in [7, 11) is 0. The van der Waals surface area contributed by atoms with E-state index in [-0.39, 0.29) is 0 Å². The van der Waals surface area contributed by atoms with E-state index in [1.807, 2.05) is 24.5 Å². The molecule has 0 unspecified atom stereocenters. The lowest BCUT2D eigenvalue weighted by Gasteiger charge is -2.25. The highest BCUT2D eigenvalue weighted by Crippen LogP contribution is 2.34. The van der Waals surface area contributed by atoms with Gasteiger partial charge >= 0.3 is 0 Å². The number of benzene rings is 1. The van der Waals surface area contributed by atoms with Gasteiger partial charge in [0, 0.05) is 9.79 Å². The standard InChI is InChI=1S/C11H11NOS2/c1-14-10-3-2-4-11(9(10)5-12)15-8-6-13-7-8/h2-4,8H,6-7H2,1H3. The normalized spacial score (nSPS) is 15.7. The zero-order valence-electron chi connectivity index (χ0n) is 8.40. The van der Waals surface area contributed by atoms with Gasteiger partial charge in [-0.1, -0.05) is 6.07 Å². The Morgan fingerprint density at radius 2 is 2.13 bits per heavy atom. The molecule has 0 amide bonds. The number of ether oxygens (including phenoxy) is 1. The first kappa shape index (κ1) is 10.9. The van der Waals surface area contributed by atoms with Gasteiger partial charge in [0.25, 0.3) is 0 Å². The van der Waals surface area contributed by atoms with Crippen LogP contribution in [0.1, 0.15) is 5.56 Å².